The molecule has 0 saturated heterocycles. The summed E-state index contributed by atoms with van der Waals surface area (Å²) in [5.41, 5.74) is 0.572. The predicted molar refractivity (Wildman–Crippen MR) is 159 cm³/mol. The van der Waals surface area contributed by atoms with Crippen LogP contribution in [0.4, 0.5) is 17.6 Å². The lowest BCUT2D eigenvalue weighted by molar-refractivity contribution is -0.137. The molecule has 0 amide bonds. The van der Waals surface area contributed by atoms with Crippen molar-refractivity contribution in [2.75, 3.05) is 6.54 Å². The Morgan fingerprint density at radius 2 is 1.88 bits per heavy atom. The molecule has 6 nitrogen and oxygen atoms in total. The molecule has 0 bridgehead atoms. The molecule has 3 atom stereocenters. The molecule has 1 unspecified atom stereocenters. The first-order chi connectivity index (χ1) is 20.4. The Bertz CT molecular complexity index is 1670. The summed E-state index contributed by atoms with van der Waals surface area (Å²) in [5.74, 6) is 3.36. The number of benzene rings is 1. The van der Waals surface area contributed by atoms with E-state index in [2.05, 4.69) is 16.0 Å². The monoisotopic (exact) mass is 614 g/mol. The molecule has 3 aromatic rings. The van der Waals surface area contributed by atoms with E-state index >= 15 is 0 Å². The van der Waals surface area contributed by atoms with E-state index in [-0.39, 0.29) is 35.6 Å². The van der Waals surface area contributed by atoms with E-state index in [1.807, 2.05) is 17.3 Å². The molecule has 3 aliphatic carbocycles. The number of pyridine rings is 1. The van der Waals surface area contributed by atoms with Crippen molar-refractivity contribution < 1.29 is 26.6 Å². The van der Waals surface area contributed by atoms with Crippen LogP contribution in [0, 0.1) is 11.2 Å². The highest BCUT2D eigenvalue weighted by molar-refractivity contribution is 7.98. The molecule has 0 N–H and O–H groups in total. The quantitative estimate of drug-likeness (QED) is 0.169. The summed E-state index contributed by atoms with van der Waals surface area (Å²) in [4.78, 5) is 18.6. The van der Waals surface area contributed by atoms with Crippen molar-refractivity contribution >= 4 is 27.4 Å². The minimum atomic E-state index is -4.63. The van der Waals surface area contributed by atoms with Crippen molar-refractivity contribution in [2.45, 2.75) is 75.8 Å². The second kappa shape index (κ2) is 11.0. The molecule has 2 aromatic heterocycles. The zero-order chi connectivity index (χ0) is 30.6. The van der Waals surface area contributed by atoms with Crippen LogP contribution in [0.15, 0.2) is 54.4 Å². The molecule has 0 spiro atoms. The highest BCUT2D eigenvalue weighted by atomic mass is 32.2. The molecule has 2 saturated carbocycles. The van der Waals surface area contributed by atoms with E-state index in [1.54, 1.807) is 23.0 Å². The number of alkyl halides is 3. The standard InChI is InChI=1S/C32H34F4N4O2S/c1-3-39(43(2,42)27-6-4-5-7-27)26-11-8-22-17-29-21(20-38-40(29)25-12-9-24(33)10-13-25)18-31(22,19-26)30(41)28-16-23(14-15-37-28)32(34,35)36/h9-10,12-17,20,26-27H,2-8,11,18-19H2,1H3/t26-,31-,43?/m0/s1. The number of carbonyl (C=O) groups excluding carboxylic acids is 1. The molecule has 11 heteroatoms. The first-order valence-electron chi connectivity index (χ1n) is 14.7. The Balaban J connectivity index is 1.44. The van der Waals surface area contributed by atoms with Crippen LogP contribution in [0.5, 0.6) is 0 Å². The van der Waals surface area contributed by atoms with Gasteiger partial charge in [0.15, 0.2) is 5.78 Å². The summed E-state index contributed by atoms with van der Waals surface area (Å²) in [6.45, 7) is 2.43. The van der Waals surface area contributed by atoms with Crippen molar-refractivity contribution in [3.05, 3.63) is 82.7 Å². The van der Waals surface area contributed by atoms with Crippen LogP contribution in [0.1, 0.15) is 79.2 Å². The number of Topliss-reactive ketones (excluding diaryl/α,β-unsaturated/α-hetero) is 1. The third-order valence-corrected chi connectivity index (χ3v) is 12.3. The number of carbonyl (C=O) groups is 1. The summed E-state index contributed by atoms with van der Waals surface area (Å²) >= 11 is 0. The van der Waals surface area contributed by atoms with Gasteiger partial charge < -0.3 is 0 Å². The largest absolute Gasteiger partial charge is 0.416 e. The van der Waals surface area contributed by atoms with Gasteiger partial charge in [-0.15, -0.1) is 0 Å². The average molecular weight is 615 g/mol. The molecule has 43 heavy (non-hydrogen) atoms. The Labute approximate surface area is 248 Å². The van der Waals surface area contributed by atoms with Gasteiger partial charge >= 0.3 is 6.18 Å². The van der Waals surface area contributed by atoms with Crippen LogP contribution >= 0.6 is 0 Å². The third kappa shape index (κ3) is 5.24. The maximum Gasteiger partial charge on any atom is 0.416 e. The van der Waals surface area contributed by atoms with Crippen molar-refractivity contribution in [2.24, 2.45) is 5.41 Å². The number of fused-ring (bicyclic) bond motifs is 2. The SMILES string of the molecule is C=S(=O)(C1CCCC1)N(CC)[C@H]1CCC2=Cc3c(cnn3-c3ccc(F)cc3)C[C@]2(C(=O)c2cc(C(F)(F)F)ccn2)C1. The summed E-state index contributed by atoms with van der Waals surface area (Å²) in [7, 11) is -2.64. The Morgan fingerprint density at radius 3 is 2.56 bits per heavy atom. The van der Waals surface area contributed by atoms with Gasteiger partial charge in [0.2, 0.25) is 0 Å². The average Bonchev–Trinajstić information content (AvgIpc) is 3.67. The Kier molecular flexibility index (Phi) is 7.61. The van der Waals surface area contributed by atoms with Gasteiger partial charge in [-0.3, -0.25) is 14.0 Å². The smallest absolute Gasteiger partial charge is 0.291 e. The van der Waals surface area contributed by atoms with E-state index in [9.17, 15) is 26.6 Å². The van der Waals surface area contributed by atoms with E-state index in [0.717, 1.165) is 60.8 Å². The number of halogens is 4. The van der Waals surface area contributed by atoms with Gasteiger partial charge in [-0.25, -0.2) is 13.4 Å². The lowest BCUT2D eigenvalue weighted by Gasteiger charge is -2.47. The molecule has 3 aliphatic rings. The van der Waals surface area contributed by atoms with Crippen molar-refractivity contribution in [1.29, 1.82) is 0 Å². The van der Waals surface area contributed by atoms with Gasteiger partial charge in [0, 0.05) is 33.7 Å². The van der Waals surface area contributed by atoms with Crippen LogP contribution in [-0.4, -0.2) is 52.8 Å². The van der Waals surface area contributed by atoms with Crippen molar-refractivity contribution in [3.8, 4) is 5.69 Å². The Morgan fingerprint density at radius 1 is 1.16 bits per heavy atom. The van der Waals surface area contributed by atoms with Crippen LogP contribution in [0.3, 0.4) is 0 Å². The second-order valence-corrected chi connectivity index (χ2v) is 14.4. The molecular formula is C32H34F4N4O2S. The fourth-order valence-electron chi connectivity index (χ4n) is 7.27. The highest BCUT2D eigenvalue weighted by Crippen LogP contribution is 2.51. The first kappa shape index (κ1) is 29.7. The third-order valence-electron chi connectivity index (χ3n) is 9.40. The van der Waals surface area contributed by atoms with E-state index < -0.39 is 32.6 Å². The number of nitrogens with zero attached hydrogens (tertiary/aromatic N) is 4. The predicted octanol–water partition coefficient (Wildman–Crippen LogP) is 6.68. The topological polar surface area (TPSA) is 68.1 Å². The fourth-order valence-corrected chi connectivity index (χ4v) is 9.85. The minimum absolute atomic E-state index is 0.0203. The van der Waals surface area contributed by atoms with Crippen LogP contribution in [-0.2, 0) is 22.3 Å². The second-order valence-electron chi connectivity index (χ2n) is 11.9. The number of hydrogen-bond acceptors (Lipinski definition) is 4. The first-order valence-corrected chi connectivity index (χ1v) is 16.4. The van der Waals surface area contributed by atoms with Gasteiger partial charge in [0.05, 0.1) is 28.6 Å². The summed E-state index contributed by atoms with van der Waals surface area (Å²) in [5, 5.41) is 4.51. The molecule has 6 rings (SSSR count). The maximum atomic E-state index is 14.5. The van der Waals surface area contributed by atoms with Crippen molar-refractivity contribution in [3.63, 3.8) is 0 Å². The van der Waals surface area contributed by atoms with Crippen LogP contribution < -0.4 is 0 Å². The number of ketones is 1. The molecule has 0 radical (unpaired) electrons. The molecule has 0 aliphatic heterocycles. The minimum Gasteiger partial charge on any atom is -0.291 e. The number of aromatic nitrogens is 3. The maximum absolute atomic E-state index is 14.5. The van der Waals surface area contributed by atoms with Gasteiger partial charge in [-0.1, -0.05) is 25.3 Å². The van der Waals surface area contributed by atoms with Crippen molar-refractivity contribution in [1.82, 2.24) is 19.1 Å². The number of rotatable bonds is 7. The Hall–Kier alpha value is -3.31. The number of hydrogen-bond donors (Lipinski definition) is 0. The molecular weight excluding hydrogens is 580 g/mol. The van der Waals surface area contributed by atoms with E-state index in [1.165, 1.54) is 12.1 Å². The molecule has 2 heterocycles. The van der Waals surface area contributed by atoms with Gasteiger partial charge in [0.25, 0.3) is 0 Å². The summed E-state index contributed by atoms with van der Waals surface area (Å²) in [6, 6.07) is 7.36. The van der Waals surface area contributed by atoms with E-state index in [0.29, 0.717) is 25.1 Å². The highest BCUT2D eigenvalue weighted by Gasteiger charge is 2.51. The summed E-state index contributed by atoms with van der Waals surface area (Å²) in [6.07, 6.45) is 5.29. The lowest BCUT2D eigenvalue weighted by atomic mass is 9.60. The van der Waals surface area contributed by atoms with Crippen LogP contribution in [0.2, 0.25) is 0 Å². The van der Waals surface area contributed by atoms with Gasteiger partial charge in [0.1, 0.15) is 11.5 Å². The molecule has 2 fully saturated rings. The normalized spacial score (nSPS) is 23.9. The van der Waals surface area contributed by atoms with E-state index in [4.69, 9.17) is 0 Å². The fraction of sp³-hybridized carbons (Fsp3) is 0.438. The van der Waals surface area contributed by atoms with Crippen LogP contribution in [0.25, 0.3) is 11.8 Å². The summed E-state index contributed by atoms with van der Waals surface area (Å²) < 4.78 is 72.4. The number of allylic oxidation sites excluding steroid dienone is 1. The zero-order valence-electron chi connectivity index (χ0n) is 23.9. The molecule has 228 valence electrons. The van der Waals surface area contributed by atoms with Gasteiger partial charge in [-0.2, -0.15) is 18.3 Å². The van der Waals surface area contributed by atoms with Gasteiger partial charge in [-0.05, 0) is 92.4 Å². The zero-order valence-corrected chi connectivity index (χ0v) is 24.8. The molecule has 1 aromatic carbocycles. The lowest BCUT2D eigenvalue weighted by Crippen LogP contribution is -2.52.